The van der Waals surface area contributed by atoms with E-state index < -0.39 is 0 Å². The Morgan fingerprint density at radius 2 is 2.20 bits per heavy atom. The van der Waals surface area contributed by atoms with Crippen molar-refractivity contribution in [2.24, 2.45) is 7.05 Å². The SMILES string of the molecule is CCCNC(Cc1cccnc1)Cc1cc(C)nn1C. The van der Waals surface area contributed by atoms with E-state index in [-0.39, 0.29) is 0 Å². The molecular formula is C16H24N4. The molecule has 0 saturated heterocycles. The Labute approximate surface area is 121 Å². The van der Waals surface area contributed by atoms with Crippen LogP contribution in [0, 0.1) is 6.92 Å². The molecular weight excluding hydrogens is 248 g/mol. The summed E-state index contributed by atoms with van der Waals surface area (Å²) in [6.45, 7) is 5.28. The third-order valence-corrected chi connectivity index (χ3v) is 3.44. The molecule has 2 aromatic rings. The Balaban J connectivity index is 2.05. The first-order chi connectivity index (χ1) is 9.69. The summed E-state index contributed by atoms with van der Waals surface area (Å²) < 4.78 is 1.99. The van der Waals surface area contributed by atoms with Crippen molar-refractivity contribution in [3.05, 3.63) is 47.5 Å². The number of rotatable bonds is 7. The van der Waals surface area contributed by atoms with Gasteiger partial charge in [0.25, 0.3) is 0 Å². The monoisotopic (exact) mass is 272 g/mol. The first-order valence-electron chi connectivity index (χ1n) is 7.31. The minimum Gasteiger partial charge on any atom is -0.313 e. The second-order valence-corrected chi connectivity index (χ2v) is 5.32. The maximum atomic E-state index is 4.43. The average Bonchev–Trinajstić information content (AvgIpc) is 2.75. The molecule has 1 N–H and O–H groups in total. The van der Waals surface area contributed by atoms with Gasteiger partial charge in [0.1, 0.15) is 0 Å². The number of nitrogens with one attached hydrogen (secondary N) is 1. The molecule has 0 aliphatic rings. The van der Waals surface area contributed by atoms with E-state index in [2.05, 4.69) is 34.5 Å². The summed E-state index contributed by atoms with van der Waals surface area (Å²) in [4.78, 5) is 4.20. The Kier molecular flexibility index (Phi) is 5.30. The van der Waals surface area contributed by atoms with Crippen molar-refractivity contribution in [1.29, 1.82) is 0 Å². The minimum absolute atomic E-state index is 0.425. The number of aromatic nitrogens is 3. The van der Waals surface area contributed by atoms with Gasteiger partial charge in [-0.05, 0) is 44.0 Å². The third kappa shape index (κ3) is 4.17. The highest BCUT2D eigenvalue weighted by atomic mass is 15.3. The predicted octanol–water partition coefficient (Wildman–Crippen LogP) is 2.28. The van der Waals surface area contributed by atoms with Crippen LogP contribution in [-0.2, 0) is 19.9 Å². The van der Waals surface area contributed by atoms with E-state index >= 15 is 0 Å². The molecule has 0 aliphatic heterocycles. The molecule has 4 heteroatoms. The highest BCUT2D eigenvalue weighted by Crippen LogP contribution is 2.10. The van der Waals surface area contributed by atoms with Crippen LogP contribution < -0.4 is 5.32 Å². The Morgan fingerprint density at radius 3 is 2.80 bits per heavy atom. The minimum atomic E-state index is 0.425. The summed E-state index contributed by atoms with van der Waals surface area (Å²) >= 11 is 0. The normalized spacial score (nSPS) is 12.6. The maximum Gasteiger partial charge on any atom is 0.0596 e. The Bertz CT molecular complexity index is 519. The number of pyridine rings is 1. The lowest BCUT2D eigenvalue weighted by Crippen LogP contribution is -2.34. The molecule has 20 heavy (non-hydrogen) atoms. The number of aryl methyl sites for hydroxylation is 2. The summed E-state index contributed by atoms with van der Waals surface area (Å²) in [5.41, 5.74) is 3.64. The molecule has 0 aromatic carbocycles. The quantitative estimate of drug-likeness (QED) is 0.841. The fourth-order valence-electron chi connectivity index (χ4n) is 2.48. The first-order valence-corrected chi connectivity index (χ1v) is 7.31. The van der Waals surface area contributed by atoms with E-state index in [9.17, 15) is 0 Å². The van der Waals surface area contributed by atoms with E-state index in [0.717, 1.165) is 31.5 Å². The van der Waals surface area contributed by atoms with Crippen LogP contribution in [0.1, 0.15) is 30.3 Å². The van der Waals surface area contributed by atoms with Crippen molar-refractivity contribution in [3.8, 4) is 0 Å². The number of hydrogen-bond acceptors (Lipinski definition) is 3. The first kappa shape index (κ1) is 14.7. The van der Waals surface area contributed by atoms with Crippen molar-refractivity contribution in [1.82, 2.24) is 20.1 Å². The Hall–Kier alpha value is -1.68. The fraction of sp³-hybridized carbons (Fsp3) is 0.500. The highest BCUT2D eigenvalue weighted by molar-refractivity contribution is 5.14. The zero-order chi connectivity index (χ0) is 14.4. The van der Waals surface area contributed by atoms with Crippen molar-refractivity contribution < 1.29 is 0 Å². The summed E-state index contributed by atoms with van der Waals surface area (Å²) in [6.07, 6.45) is 6.91. The van der Waals surface area contributed by atoms with Crippen LogP contribution in [-0.4, -0.2) is 27.4 Å². The topological polar surface area (TPSA) is 42.7 Å². The van der Waals surface area contributed by atoms with E-state index in [4.69, 9.17) is 0 Å². The molecule has 0 saturated carbocycles. The van der Waals surface area contributed by atoms with Gasteiger partial charge in [-0.2, -0.15) is 5.10 Å². The van der Waals surface area contributed by atoms with Gasteiger partial charge in [-0.1, -0.05) is 13.0 Å². The molecule has 0 aliphatic carbocycles. The van der Waals surface area contributed by atoms with Gasteiger partial charge in [0.15, 0.2) is 0 Å². The van der Waals surface area contributed by atoms with E-state index in [1.165, 1.54) is 11.3 Å². The summed E-state index contributed by atoms with van der Waals surface area (Å²) in [5, 5.41) is 8.06. The van der Waals surface area contributed by atoms with Crippen LogP contribution in [0.2, 0.25) is 0 Å². The predicted molar refractivity (Wildman–Crippen MR) is 81.7 cm³/mol. The molecule has 2 rings (SSSR count). The average molecular weight is 272 g/mol. The van der Waals surface area contributed by atoms with Crippen LogP contribution in [0.25, 0.3) is 0 Å². The molecule has 0 bridgehead atoms. The van der Waals surface area contributed by atoms with Gasteiger partial charge < -0.3 is 5.32 Å². The van der Waals surface area contributed by atoms with Crippen LogP contribution in [0.5, 0.6) is 0 Å². The van der Waals surface area contributed by atoms with Gasteiger partial charge in [0.05, 0.1) is 5.69 Å². The zero-order valence-electron chi connectivity index (χ0n) is 12.6. The van der Waals surface area contributed by atoms with Gasteiger partial charge in [0, 0.05) is 37.6 Å². The lowest BCUT2D eigenvalue weighted by molar-refractivity contribution is 0.490. The van der Waals surface area contributed by atoms with E-state index in [0.29, 0.717) is 6.04 Å². The van der Waals surface area contributed by atoms with Crippen LogP contribution in [0.15, 0.2) is 30.6 Å². The second kappa shape index (κ2) is 7.20. The third-order valence-electron chi connectivity index (χ3n) is 3.44. The van der Waals surface area contributed by atoms with Gasteiger partial charge in [-0.3, -0.25) is 9.67 Å². The molecule has 4 nitrogen and oxygen atoms in total. The van der Waals surface area contributed by atoms with Crippen LogP contribution >= 0.6 is 0 Å². The molecule has 0 fully saturated rings. The lowest BCUT2D eigenvalue weighted by atomic mass is 10.0. The highest BCUT2D eigenvalue weighted by Gasteiger charge is 2.13. The van der Waals surface area contributed by atoms with E-state index in [1.54, 1.807) is 0 Å². The van der Waals surface area contributed by atoms with Gasteiger partial charge >= 0.3 is 0 Å². The van der Waals surface area contributed by atoms with Crippen molar-refractivity contribution >= 4 is 0 Å². The smallest absolute Gasteiger partial charge is 0.0596 e. The molecule has 1 unspecified atom stereocenters. The van der Waals surface area contributed by atoms with Crippen molar-refractivity contribution in [2.45, 2.75) is 39.2 Å². The summed E-state index contributed by atoms with van der Waals surface area (Å²) in [5.74, 6) is 0. The van der Waals surface area contributed by atoms with Gasteiger partial charge in [-0.15, -0.1) is 0 Å². The van der Waals surface area contributed by atoms with Gasteiger partial charge in [0.2, 0.25) is 0 Å². The van der Waals surface area contributed by atoms with Crippen LogP contribution in [0.4, 0.5) is 0 Å². The summed E-state index contributed by atoms with van der Waals surface area (Å²) in [7, 11) is 2.02. The summed E-state index contributed by atoms with van der Waals surface area (Å²) in [6, 6.07) is 6.74. The molecule has 0 amide bonds. The molecule has 0 spiro atoms. The van der Waals surface area contributed by atoms with Gasteiger partial charge in [-0.25, -0.2) is 0 Å². The molecule has 0 radical (unpaired) electrons. The standard InChI is InChI=1S/C16H24N4/c1-4-7-18-15(10-14-6-5-8-17-12-14)11-16-9-13(2)19-20(16)3/h5-6,8-9,12,15,18H,4,7,10-11H2,1-3H3. The maximum absolute atomic E-state index is 4.43. The largest absolute Gasteiger partial charge is 0.313 e. The van der Waals surface area contributed by atoms with Crippen molar-refractivity contribution in [2.75, 3.05) is 6.54 Å². The molecule has 108 valence electrons. The van der Waals surface area contributed by atoms with Crippen LogP contribution in [0.3, 0.4) is 0 Å². The number of hydrogen-bond donors (Lipinski definition) is 1. The van der Waals surface area contributed by atoms with E-state index in [1.807, 2.05) is 37.1 Å². The van der Waals surface area contributed by atoms with Crippen molar-refractivity contribution in [3.63, 3.8) is 0 Å². The molecule has 1 atom stereocenters. The molecule has 2 heterocycles. The zero-order valence-corrected chi connectivity index (χ0v) is 12.6. The second-order valence-electron chi connectivity index (χ2n) is 5.32. The lowest BCUT2D eigenvalue weighted by Gasteiger charge is -2.18. The molecule has 2 aromatic heterocycles. The number of nitrogens with zero attached hydrogens (tertiary/aromatic N) is 3. The Morgan fingerprint density at radius 1 is 1.35 bits per heavy atom. The fourth-order valence-corrected chi connectivity index (χ4v) is 2.48.